The van der Waals surface area contributed by atoms with E-state index in [2.05, 4.69) is 0 Å². The van der Waals surface area contributed by atoms with Crippen LogP contribution in [0, 0.1) is 10.1 Å². The van der Waals surface area contributed by atoms with Crippen LogP contribution in [-0.2, 0) is 28.8 Å². The quantitative estimate of drug-likeness (QED) is 0.0283. The average molecular weight is 716 g/mol. The van der Waals surface area contributed by atoms with Crippen molar-refractivity contribution in [3.8, 4) is 11.5 Å². The fourth-order valence-corrected chi connectivity index (χ4v) is 4.59. The van der Waals surface area contributed by atoms with Crippen molar-refractivity contribution >= 4 is 28.6 Å². The third kappa shape index (κ3) is 13.3. The molecule has 0 aliphatic carbocycles. The third-order valence-electron chi connectivity index (χ3n) is 7.32. The first-order chi connectivity index (χ1) is 23.9. The Morgan fingerprint density at radius 3 is 2.24 bits per heavy atom. The number of benzene rings is 2. The number of nitro groups is 1. The lowest BCUT2D eigenvalue weighted by atomic mass is 10.1. The monoisotopic (exact) mass is 715 g/mol. The highest BCUT2D eigenvalue weighted by Crippen LogP contribution is 2.33. The molecule has 0 aliphatic heterocycles. The zero-order valence-corrected chi connectivity index (χ0v) is 30.8. The highest BCUT2D eigenvalue weighted by atomic mass is 17.2. The first-order valence-corrected chi connectivity index (χ1v) is 16.9. The van der Waals surface area contributed by atoms with Crippen molar-refractivity contribution in [1.82, 2.24) is 0 Å². The molecule has 0 spiro atoms. The Morgan fingerprint density at radius 2 is 1.57 bits per heavy atom. The number of fused-ring (bicyclic) bond motifs is 1. The van der Waals surface area contributed by atoms with Crippen molar-refractivity contribution in [3.05, 3.63) is 74.1 Å². The van der Waals surface area contributed by atoms with E-state index in [0.29, 0.717) is 18.4 Å². The zero-order valence-electron chi connectivity index (χ0n) is 30.8. The van der Waals surface area contributed by atoms with E-state index >= 15 is 0 Å². The number of hydrogen-bond donors (Lipinski definition) is 0. The molecule has 14 heteroatoms. The van der Waals surface area contributed by atoms with Gasteiger partial charge in [-0.15, -0.1) is 0 Å². The molecule has 280 valence electrons. The molecule has 51 heavy (non-hydrogen) atoms. The molecular formula is C37H49NO13. The molecule has 0 saturated carbocycles. The Balaban J connectivity index is 1.60. The van der Waals surface area contributed by atoms with Crippen molar-refractivity contribution in [3.63, 3.8) is 0 Å². The fraction of sp³-hybridized carbons (Fsp3) is 0.541. The SMILES string of the molecule is CC(C)OCCC(C)(C)OC(=O)c1cc2ccc(OC(C)c3ccc(OCCCC(=O)OOC(C)(C)COC(C)C)cc3[N+](=O)[O-])cc2oc1=O. The van der Waals surface area contributed by atoms with E-state index in [4.69, 9.17) is 37.9 Å². The molecule has 3 rings (SSSR count). The Kier molecular flexibility index (Phi) is 14.5. The molecule has 14 nitrogen and oxygen atoms in total. The molecule has 2 aromatic carbocycles. The van der Waals surface area contributed by atoms with Crippen molar-refractivity contribution in [2.75, 3.05) is 19.8 Å². The summed E-state index contributed by atoms with van der Waals surface area (Å²) in [4.78, 5) is 59.2. The lowest BCUT2D eigenvalue weighted by Gasteiger charge is -2.25. The number of hydrogen-bond acceptors (Lipinski definition) is 13. The van der Waals surface area contributed by atoms with Gasteiger partial charge in [0.05, 0.1) is 55.0 Å². The maximum atomic E-state index is 12.9. The molecule has 0 saturated heterocycles. The van der Waals surface area contributed by atoms with Gasteiger partial charge in [-0.05, 0) is 99.1 Å². The number of esters is 1. The predicted molar refractivity (Wildman–Crippen MR) is 187 cm³/mol. The summed E-state index contributed by atoms with van der Waals surface area (Å²) in [5.41, 5.74) is -2.61. The summed E-state index contributed by atoms with van der Waals surface area (Å²) >= 11 is 0. The molecular weight excluding hydrogens is 666 g/mol. The van der Waals surface area contributed by atoms with Gasteiger partial charge in [0.25, 0.3) is 5.69 Å². The minimum absolute atomic E-state index is 0.00591. The van der Waals surface area contributed by atoms with E-state index in [-0.39, 0.29) is 72.2 Å². The van der Waals surface area contributed by atoms with E-state index in [1.165, 1.54) is 24.3 Å². The van der Waals surface area contributed by atoms with Crippen LogP contribution in [0.5, 0.6) is 11.5 Å². The average Bonchev–Trinajstić information content (AvgIpc) is 3.03. The van der Waals surface area contributed by atoms with Crippen LogP contribution >= 0.6 is 0 Å². The van der Waals surface area contributed by atoms with Gasteiger partial charge in [0.15, 0.2) is 0 Å². The number of carbonyl (C=O) groups is 2. The molecule has 1 unspecified atom stereocenters. The van der Waals surface area contributed by atoms with Gasteiger partial charge in [0, 0.05) is 17.9 Å². The van der Waals surface area contributed by atoms with Gasteiger partial charge in [0.1, 0.15) is 40.0 Å². The van der Waals surface area contributed by atoms with Crippen LogP contribution in [0.15, 0.2) is 51.7 Å². The summed E-state index contributed by atoms with van der Waals surface area (Å²) in [6.07, 6.45) is -0.0148. The number of nitrogens with zero attached hydrogens (tertiary/aromatic N) is 1. The van der Waals surface area contributed by atoms with Gasteiger partial charge in [0.2, 0.25) is 0 Å². The fourth-order valence-electron chi connectivity index (χ4n) is 4.59. The lowest BCUT2D eigenvalue weighted by Crippen LogP contribution is -2.33. The number of rotatable bonds is 20. The smallest absolute Gasteiger partial charge is 0.351 e. The topological polar surface area (TPSA) is 172 Å². The largest absolute Gasteiger partial charge is 0.493 e. The van der Waals surface area contributed by atoms with Crippen LogP contribution in [0.4, 0.5) is 5.69 Å². The van der Waals surface area contributed by atoms with Crippen LogP contribution in [0.3, 0.4) is 0 Å². The van der Waals surface area contributed by atoms with Crippen molar-refractivity contribution in [2.24, 2.45) is 0 Å². The lowest BCUT2D eigenvalue weighted by molar-refractivity contribution is -0.386. The maximum Gasteiger partial charge on any atom is 0.351 e. The van der Waals surface area contributed by atoms with E-state index in [1.807, 2.05) is 27.7 Å². The number of ether oxygens (including phenoxy) is 5. The molecule has 0 N–H and O–H groups in total. The van der Waals surface area contributed by atoms with Gasteiger partial charge >= 0.3 is 17.6 Å². The van der Waals surface area contributed by atoms with Gasteiger partial charge in [-0.1, -0.05) is 0 Å². The van der Waals surface area contributed by atoms with Crippen molar-refractivity contribution in [1.29, 1.82) is 0 Å². The molecule has 0 bridgehead atoms. The van der Waals surface area contributed by atoms with Crippen LogP contribution < -0.4 is 15.1 Å². The van der Waals surface area contributed by atoms with Gasteiger partial charge < -0.3 is 28.1 Å². The molecule has 3 aromatic rings. The summed E-state index contributed by atoms with van der Waals surface area (Å²) in [6.45, 7) is 16.9. The highest BCUT2D eigenvalue weighted by molar-refractivity contribution is 5.93. The highest BCUT2D eigenvalue weighted by Gasteiger charge is 2.27. The standard InChI is InChI=1S/C37H49NO13/c1-23(2)44-18-16-36(6,7)49-35(41)30-19-26-12-13-28(21-32(26)48-34(30)40)47-25(5)29-15-14-27(20-31(29)38(42)43)45-17-10-11-33(39)50-51-37(8,9)22-46-24(3)4/h12-15,19-21,23-25H,10-11,16-18,22H2,1-9H3. The molecule has 0 aliphatic rings. The van der Waals surface area contributed by atoms with Crippen LogP contribution in [0.25, 0.3) is 11.0 Å². The molecule has 1 aromatic heterocycles. The second-order valence-corrected chi connectivity index (χ2v) is 13.8. The summed E-state index contributed by atoms with van der Waals surface area (Å²) < 4.78 is 33.7. The Morgan fingerprint density at radius 1 is 0.882 bits per heavy atom. The second kappa shape index (κ2) is 18.1. The van der Waals surface area contributed by atoms with Crippen LogP contribution in [0.1, 0.15) is 104 Å². The molecule has 0 amide bonds. The zero-order chi connectivity index (χ0) is 37.9. The molecule has 1 heterocycles. The van der Waals surface area contributed by atoms with E-state index in [1.54, 1.807) is 52.8 Å². The minimum Gasteiger partial charge on any atom is -0.493 e. The van der Waals surface area contributed by atoms with Gasteiger partial charge in [-0.2, -0.15) is 4.89 Å². The van der Waals surface area contributed by atoms with Crippen molar-refractivity contribution in [2.45, 2.75) is 111 Å². The molecule has 1 atom stereocenters. The Labute approximate surface area is 297 Å². The molecule has 0 fully saturated rings. The Bertz CT molecular complexity index is 1710. The third-order valence-corrected chi connectivity index (χ3v) is 7.32. The van der Waals surface area contributed by atoms with E-state index < -0.39 is 39.8 Å². The number of carbonyl (C=O) groups excluding carboxylic acids is 2. The second-order valence-electron chi connectivity index (χ2n) is 13.8. The van der Waals surface area contributed by atoms with Crippen molar-refractivity contribution < 1.29 is 52.4 Å². The summed E-state index contributed by atoms with van der Waals surface area (Å²) in [6, 6.07) is 10.4. The first kappa shape index (κ1) is 40.9. The van der Waals surface area contributed by atoms with E-state index in [0.717, 1.165) is 0 Å². The first-order valence-electron chi connectivity index (χ1n) is 16.9. The summed E-state index contributed by atoms with van der Waals surface area (Å²) in [5.74, 6) is -0.874. The number of nitro benzene ring substituents is 1. The summed E-state index contributed by atoms with van der Waals surface area (Å²) in [5, 5.41) is 12.4. The minimum atomic E-state index is -0.875. The maximum absolute atomic E-state index is 12.9. The van der Waals surface area contributed by atoms with Crippen LogP contribution in [0.2, 0.25) is 0 Å². The summed E-state index contributed by atoms with van der Waals surface area (Å²) in [7, 11) is 0. The van der Waals surface area contributed by atoms with Crippen LogP contribution in [-0.4, -0.2) is 60.1 Å². The Hall–Kier alpha value is -4.53. The van der Waals surface area contributed by atoms with Gasteiger partial charge in [-0.3, -0.25) is 15.0 Å². The predicted octanol–water partition coefficient (Wildman–Crippen LogP) is 7.43. The normalized spacial score (nSPS) is 12.6. The van der Waals surface area contributed by atoms with E-state index in [9.17, 15) is 24.5 Å². The molecule has 0 radical (unpaired) electrons. The van der Waals surface area contributed by atoms with Gasteiger partial charge in [-0.25, -0.2) is 14.4 Å².